The molecule has 0 saturated heterocycles. The fraction of sp³-hybridized carbons (Fsp3) is 0.455. The summed E-state index contributed by atoms with van der Waals surface area (Å²) in [7, 11) is 1.66. The molecule has 0 spiro atoms. The van der Waals surface area contributed by atoms with Crippen LogP contribution in [0.1, 0.15) is 17.4 Å². The molecular formula is C11H11F3N3O+. The van der Waals surface area contributed by atoms with Gasteiger partial charge in [0.2, 0.25) is 6.54 Å². The van der Waals surface area contributed by atoms with Crippen molar-refractivity contribution in [3.63, 3.8) is 0 Å². The maximum Gasteiger partial charge on any atom is 0.433 e. The predicted molar refractivity (Wildman–Crippen MR) is 57.9 cm³/mol. The van der Waals surface area contributed by atoms with E-state index in [1.54, 1.807) is 11.9 Å². The summed E-state index contributed by atoms with van der Waals surface area (Å²) in [6.45, 7) is 0.307. The van der Waals surface area contributed by atoms with Crippen molar-refractivity contribution in [2.45, 2.75) is 18.3 Å². The normalized spacial score (nSPS) is 20.5. The molecule has 1 aliphatic heterocycles. The number of nitrogens with zero attached hydrogens (tertiary/aromatic N) is 3. The lowest BCUT2D eigenvalue weighted by Gasteiger charge is -2.18. The van der Waals surface area contributed by atoms with Crippen molar-refractivity contribution in [3.8, 4) is 6.19 Å². The summed E-state index contributed by atoms with van der Waals surface area (Å²) in [5.74, 6) is 0. The van der Waals surface area contributed by atoms with Gasteiger partial charge in [-0.3, -0.25) is 4.98 Å². The first-order valence-electron chi connectivity index (χ1n) is 5.26. The summed E-state index contributed by atoms with van der Waals surface area (Å²) < 4.78 is 37.5. The standard InChI is InChI=1S/C11H11F3N3O/c1-17-6-15-5-8(17)10(18)7-2-3-16-9(4-7)11(12,13)14/h2-4,8,10,18H,5H2,1H3/q+1. The summed E-state index contributed by atoms with van der Waals surface area (Å²) in [5, 5.41) is 10.0. The summed E-state index contributed by atoms with van der Waals surface area (Å²) >= 11 is 0. The third kappa shape index (κ3) is 2.38. The number of hydrogen-bond acceptors (Lipinski definition) is 3. The van der Waals surface area contributed by atoms with Crippen LogP contribution in [0.3, 0.4) is 0 Å². The minimum Gasteiger partial charge on any atom is -0.384 e. The molecule has 96 valence electrons. The quantitative estimate of drug-likeness (QED) is 0.821. The maximum absolute atomic E-state index is 12.5. The van der Waals surface area contributed by atoms with Crippen LogP contribution in [0.5, 0.6) is 0 Å². The number of rotatable bonds is 2. The van der Waals surface area contributed by atoms with Crippen LogP contribution in [0.15, 0.2) is 18.3 Å². The van der Waals surface area contributed by atoms with Crippen molar-refractivity contribution < 1.29 is 18.3 Å². The van der Waals surface area contributed by atoms with Gasteiger partial charge in [-0.05, 0) is 17.7 Å². The molecule has 0 saturated carbocycles. The van der Waals surface area contributed by atoms with E-state index in [4.69, 9.17) is 0 Å². The number of aliphatic hydroxyl groups is 1. The molecule has 2 atom stereocenters. The first kappa shape index (κ1) is 12.6. The molecule has 0 aliphatic carbocycles. The van der Waals surface area contributed by atoms with E-state index in [0.717, 1.165) is 12.3 Å². The van der Waals surface area contributed by atoms with Gasteiger partial charge in [0.25, 0.3) is 0 Å². The number of pyridine rings is 1. The molecule has 7 heteroatoms. The highest BCUT2D eigenvalue weighted by atomic mass is 19.4. The molecule has 1 N–H and O–H groups in total. The molecule has 1 aliphatic rings. The van der Waals surface area contributed by atoms with E-state index in [2.05, 4.69) is 16.0 Å². The second-order valence-electron chi connectivity index (χ2n) is 4.04. The lowest BCUT2D eigenvalue weighted by molar-refractivity contribution is -0.141. The minimum absolute atomic E-state index is 0.174. The van der Waals surface area contributed by atoms with Gasteiger partial charge in [0, 0.05) is 6.20 Å². The van der Waals surface area contributed by atoms with Gasteiger partial charge in [-0.15, -0.1) is 0 Å². The number of halogens is 3. The van der Waals surface area contributed by atoms with Crippen molar-refractivity contribution >= 4 is 0 Å². The number of alkyl halides is 3. The van der Waals surface area contributed by atoms with Gasteiger partial charge < -0.3 is 5.11 Å². The summed E-state index contributed by atoms with van der Waals surface area (Å²) in [6, 6.07) is 1.83. The number of hydrogen-bond donors (Lipinski definition) is 1. The molecule has 0 radical (unpaired) electrons. The van der Waals surface area contributed by atoms with Crippen LogP contribution < -0.4 is 0 Å². The Morgan fingerprint density at radius 2 is 2.33 bits per heavy atom. The van der Waals surface area contributed by atoms with Crippen LogP contribution >= 0.6 is 0 Å². The van der Waals surface area contributed by atoms with E-state index < -0.39 is 24.0 Å². The Balaban J connectivity index is 2.23. The van der Waals surface area contributed by atoms with Gasteiger partial charge >= 0.3 is 12.4 Å². The van der Waals surface area contributed by atoms with E-state index in [1.165, 1.54) is 6.07 Å². The molecule has 0 aromatic carbocycles. The first-order chi connectivity index (χ1) is 8.39. The van der Waals surface area contributed by atoms with Gasteiger partial charge in [-0.25, -0.2) is 4.90 Å². The Kier molecular flexibility index (Phi) is 3.13. The van der Waals surface area contributed by atoms with Crippen molar-refractivity contribution in [2.75, 3.05) is 13.6 Å². The van der Waals surface area contributed by atoms with E-state index in [1.807, 2.05) is 0 Å². The van der Waals surface area contributed by atoms with Crippen LogP contribution in [0.4, 0.5) is 13.2 Å². The molecule has 2 unspecified atom stereocenters. The van der Waals surface area contributed by atoms with Crippen LogP contribution in [0.2, 0.25) is 0 Å². The number of likely N-dealkylation sites (N-methyl/N-ethyl adjacent to an activating group) is 1. The Morgan fingerprint density at radius 3 is 2.89 bits per heavy atom. The van der Waals surface area contributed by atoms with Gasteiger partial charge in [0.15, 0.2) is 6.04 Å². The summed E-state index contributed by atoms with van der Waals surface area (Å²) in [4.78, 5) is 8.65. The Morgan fingerprint density at radius 1 is 1.61 bits per heavy atom. The fourth-order valence-electron chi connectivity index (χ4n) is 1.76. The van der Waals surface area contributed by atoms with E-state index in [-0.39, 0.29) is 5.56 Å². The zero-order chi connectivity index (χ0) is 13.3. The molecule has 2 heterocycles. The largest absolute Gasteiger partial charge is 0.433 e. The van der Waals surface area contributed by atoms with Crippen LogP contribution in [0.25, 0.3) is 4.85 Å². The smallest absolute Gasteiger partial charge is 0.384 e. The molecule has 0 amide bonds. The second kappa shape index (κ2) is 4.46. The summed E-state index contributed by atoms with van der Waals surface area (Å²) in [5.41, 5.74) is -0.835. The monoisotopic (exact) mass is 258 g/mol. The van der Waals surface area contributed by atoms with Crippen molar-refractivity contribution in [2.24, 2.45) is 0 Å². The van der Waals surface area contributed by atoms with Crippen LogP contribution in [-0.4, -0.2) is 34.6 Å². The van der Waals surface area contributed by atoms with Crippen molar-refractivity contribution in [1.29, 1.82) is 0 Å². The number of aromatic nitrogens is 1. The minimum atomic E-state index is -4.51. The third-order valence-electron chi connectivity index (χ3n) is 2.78. The fourth-order valence-corrected chi connectivity index (χ4v) is 1.76. The SMILES string of the molecule is CN1C#[N+]CC1C(O)c1ccnc(C(F)(F)F)c1. The highest BCUT2D eigenvalue weighted by molar-refractivity contribution is 5.23. The van der Waals surface area contributed by atoms with Gasteiger partial charge in [0.1, 0.15) is 11.8 Å². The predicted octanol–water partition coefficient (Wildman–Crippen LogP) is 1.74. The zero-order valence-electron chi connectivity index (χ0n) is 9.52. The highest BCUT2D eigenvalue weighted by Gasteiger charge is 2.37. The van der Waals surface area contributed by atoms with E-state index in [0.29, 0.717) is 6.54 Å². The average molecular weight is 258 g/mol. The second-order valence-corrected chi connectivity index (χ2v) is 4.04. The van der Waals surface area contributed by atoms with Crippen molar-refractivity contribution in [3.05, 3.63) is 34.4 Å². The van der Waals surface area contributed by atoms with Crippen LogP contribution in [0, 0.1) is 6.19 Å². The maximum atomic E-state index is 12.5. The topological polar surface area (TPSA) is 40.7 Å². The third-order valence-corrected chi connectivity index (χ3v) is 2.78. The van der Waals surface area contributed by atoms with Crippen molar-refractivity contribution in [1.82, 2.24) is 9.88 Å². The lowest BCUT2D eigenvalue weighted by Crippen LogP contribution is -2.33. The van der Waals surface area contributed by atoms with Crippen LogP contribution in [-0.2, 0) is 6.18 Å². The highest BCUT2D eigenvalue weighted by Crippen LogP contribution is 2.30. The molecule has 4 nitrogen and oxygen atoms in total. The molecule has 0 fully saturated rings. The Labute approximate surface area is 101 Å². The Hall–Kier alpha value is -1.81. The molecule has 2 rings (SSSR count). The molecule has 1 aromatic heterocycles. The molecule has 1 aromatic rings. The molecule has 0 bridgehead atoms. The zero-order valence-corrected chi connectivity index (χ0v) is 9.52. The lowest BCUT2D eigenvalue weighted by atomic mass is 10.0. The van der Waals surface area contributed by atoms with Gasteiger partial charge in [-0.1, -0.05) is 0 Å². The van der Waals surface area contributed by atoms with E-state index in [9.17, 15) is 18.3 Å². The first-order valence-corrected chi connectivity index (χ1v) is 5.26. The van der Waals surface area contributed by atoms with Gasteiger partial charge in [-0.2, -0.15) is 18.0 Å². The van der Waals surface area contributed by atoms with Gasteiger partial charge in [0.05, 0.1) is 7.05 Å². The molecule has 18 heavy (non-hydrogen) atoms. The Bertz CT molecular complexity index is 506. The molecular weight excluding hydrogens is 247 g/mol. The summed E-state index contributed by atoms with van der Waals surface area (Å²) in [6.07, 6.45) is -1.90. The van der Waals surface area contributed by atoms with E-state index >= 15 is 0 Å². The average Bonchev–Trinajstić information content (AvgIpc) is 2.73. The number of aliphatic hydroxyl groups excluding tert-OH is 1.